The maximum Gasteiger partial charge on any atom is 0.0543 e. The third-order valence-electron chi connectivity index (χ3n) is 3.52. The van der Waals surface area contributed by atoms with Crippen LogP contribution in [0.1, 0.15) is 36.6 Å². The monoisotopic (exact) mass is 268 g/mol. The lowest BCUT2D eigenvalue weighted by atomic mass is 10.0. The Morgan fingerprint density at radius 3 is 2.40 bits per heavy atom. The SMILES string of the molecule is CCCCc1ccccc1CN(C)Cc1ccccn1. The molecule has 0 aliphatic carbocycles. The zero-order valence-electron chi connectivity index (χ0n) is 12.5. The van der Waals surface area contributed by atoms with E-state index in [9.17, 15) is 0 Å². The number of pyridine rings is 1. The molecule has 20 heavy (non-hydrogen) atoms. The molecule has 0 aliphatic rings. The van der Waals surface area contributed by atoms with E-state index < -0.39 is 0 Å². The molecule has 0 saturated heterocycles. The molecule has 0 atom stereocenters. The summed E-state index contributed by atoms with van der Waals surface area (Å²) in [6, 6.07) is 14.9. The molecule has 0 N–H and O–H groups in total. The zero-order valence-corrected chi connectivity index (χ0v) is 12.5. The summed E-state index contributed by atoms with van der Waals surface area (Å²) >= 11 is 0. The predicted octanol–water partition coefficient (Wildman–Crippen LogP) is 4.06. The van der Waals surface area contributed by atoms with Crippen LogP contribution >= 0.6 is 0 Å². The Balaban J connectivity index is 1.98. The van der Waals surface area contributed by atoms with E-state index in [4.69, 9.17) is 0 Å². The van der Waals surface area contributed by atoms with Crippen molar-refractivity contribution in [1.82, 2.24) is 9.88 Å². The first-order valence-electron chi connectivity index (χ1n) is 7.45. The predicted molar refractivity (Wildman–Crippen MR) is 84.5 cm³/mol. The molecule has 0 amide bonds. The summed E-state index contributed by atoms with van der Waals surface area (Å²) in [5.74, 6) is 0. The minimum Gasteiger partial charge on any atom is -0.296 e. The van der Waals surface area contributed by atoms with Crippen molar-refractivity contribution in [1.29, 1.82) is 0 Å². The van der Waals surface area contributed by atoms with Crippen LogP contribution in [0.25, 0.3) is 0 Å². The molecule has 2 aromatic rings. The van der Waals surface area contributed by atoms with Gasteiger partial charge in [-0.1, -0.05) is 43.7 Å². The maximum atomic E-state index is 4.39. The molecule has 0 saturated carbocycles. The first-order chi connectivity index (χ1) is 9.79. The van der Waals surface area contributed by atoms with E-state index in [0.29, 0.717) is 0 Å². The number of rotatable bonds is 7. The molecular formula is C18H24N2. The van der Waals surface area contributed by atoms with Crippen molar-refractivity contribution in [2.24, 2.45) is 0 Å². The maximum absolute atomic E-state index is 4.39. The van der Waals surface area contributed by atoms with Gasteiger partial charge in [0, 0.05) is 19.3 Å². The highest BCUT2D eigenvalue weighted by Crippen LogP contribution is 2.15. The number of aryl methyl sites for hydroxylation is 1. The molecule has 0 aliphatic heterocycles. The fourth-order valence-corrected chi connectivity index (χ4v) is 2.44. The number of unbranched alkanes of at least 4 members (excludes halogenated alkanes) is 1. The summed E-state index contributed by atoms with van der Waals surface area (Å²) in [5.41, 5.74) is 4.06. The molecule has 1 aromatic carbocycles. The van der Waals surface area contributed by atoms with E-state index in [1.807, 2.05) is 18.3 Å². The van der Waals surface area contributed by atoms with Gasteiger partial charge in [-0.3, -0.25) is 9.88 Å². The van der Waals surface area contributed by atoms with Gasteiger partial charge < -0.3 is 0 Å². The fourth-order valence-electron chi connectivity index (χ4n) is 2.44. The lowest BCUT2D eigenvalue weighted by molar-refractivity contribution is 0.314. The first kappa shape index (κ1) is 14.7. The average molecular weight is 268 g/mol. The Labute approximate surface area is 122 Å². The molecule has 0 spiro atoms. The van der Waals surface area contributed by atoms with Crippen LogP contribution in [0.15, 0.2) is 48.7 Å². The van der Waals surface area contributed by atoms with Crippen molar-refractivity contribution in [3.05, 3.63) is 65.5 Å². The third kappa shape index (κ3) is 4.46. The van der Waals surface area contributed by atoms with Crippen LogP contribution in [-0.2, 0) is 19.5 Å². The Kier molecular flexibility index (Phi) is 5.75. The van der Waals surface area contributed by atoms with Gasteiger partial charge in [-0.2, -0.15) is 0 Å². The number of aromatic nitrogens is 1. The second-order valence-electron chi connectivity index (χ2n) is 5.37. The van der Waals surface area contributed by atoms with Gasteiger partial charge in [0.2, 0.25) is 0 Å². The van der Waals surface area contributed by atoms with Crippen LogP contribution in [-0.4, -0.2) is 16.9 Å². The summed E-state index contributed by atoms with van der Waals surface area (Å²) in [6.45, 7) is 4.12. The van der Waals surface area contributed by atoms with Crippen LogP contribution in [0.3, 0.4) is 0 Å². The molecule has 106 valence electrons. The summed E-state index contributed by atoms with van der Waals surface area (Å²) in [7, 11) is 2.16. The van der Waals surface area contributed by atoms with Crippen molar-refractivity contribution < 1.29 is 0 Å². The molecular weight excluding hydrogens is 244 g/mol. The average Bonchev–Trinajstić information content (AvgIpc) is 2.47. The van der Waals surface area contributed by atoms with Gasteiger partial charge in [-0.05, 0) is 43.1 Å². The van der Waals surface area contributed by atoms with Crippen molar-refractivity contribution >= 4 is 0 Å². The van der Waals surface area contributed by atoms with Gasteiger partial charge in [0.1, 0.15) is 0 Å². The highest BCUT2D eigenvalue weighted by molar-refractivity contribution is 5.27. The summed E-state index contributed by atoms with van der Waals surface area (Å²) in [4.78, 5) is 6.72. The van der Waals surface area contributed by atoms with Crippen molar-refractivity contribution in [2.45, 2.75) is 39.3 Å². The minimum absolute atomic E-state index is 0.892. The largest absolute Gasteiger partial charge is 0.296 e. The number of benzene rings is 1. The van der Waals surface area contributed by atoms with E-state index in [0.717, 1.165) is 18.8 Å². The van der Waals surface area contributed by atoms with E-state index in [-0.39, 0.29) is 0 Å². The lowest BCUT2D eigenvalue weighted by Crippen LogP contribution is -2.18. The van der Waals surface area contributed by atoms with Crippen molar-refractivity contribution in [3.63, 3.8) is 0 Å². The van der Waals surface area contributed by atoms with Gasteiger partial charge in [0.25, 0.3) is 0 Å². The molecule has 2 rings (SSSR count). The quantitative estimate of drug-likeness (QED) is 0.753. The van der Waals surface area contributed by atoms with Crippen LogP contribution in [0, 0.1) is 0 Å². The van der Waals surface area contributed by atoms with Crippen LogP contribution in [0.5, 0.6) is 0 Å². The van der Waals surface area contributed by atoms with Crippen LogP contribution in [0.2, 0.25) is 0 Å². The third-order valence-corrected chi connectivity index (χ3v) is 3.52. The lowest BCUT2D eigenvalue weighted by Gasteiger charge is -2.18. The summed E-state index contributed by atoms with van der Waals surface area (Å²) in [5, 5.41) is 0. The number of nitrogens with zero attached hydrogens (tertiary/aromatic N) is 2. The minimum atomic E-state index is 0.892. The molecule has 2 heteroatoms. The van der Waals surface area contributed by atoms with Crippen molar-refractivity contribution in [3.8, 4) is 0 Å². The normalized spacial score (nSPS) is 10.9. The molecule has 0 bridgehead atoms. The zero-order chi connectivity index (χ0) is 14.2. The molecule has 1 aromatic heterocycles. The summed E-state index contributed by atoms with van der Waals surface area (Å²) < 4.78 is 0. The first-order valence-corrected chi connectivity index (χ1v) is 7.45. The van der Waals surface area contributed by atoms with Gasteiger partial charge in [-0.25, -0.2) is 0 Å². The van der Waals surface area contributed by atoms with E-state index in [1.54, 1.807) is 0 Å². The van der Waals surface area contributed by atoms with E-state index in [1.165, 1.54) is 30.4 Å². The van der Waals surface area contributed by atoms with Gasteiger partial charge in [-0.15, -0.1) is 0 Å². The van der Waals surface area contributed by atoms with Gasteiger partial charge >= 0.3 is 0 Å². The molecule has 1 heterocycles. The molecule has 2 nitrogen and oxygen atoms in total. The summed E-state index contributed by atoms with van der Waals surface area (Å²) in [6.07, 6.45) is 5.56. The second kappa shape index (κ2) is 7.81. The van der Waals surface area contributed by atoms with Crippen molar-refractivity contribution in [2.75, 3.05) is 7.05 Å². The van der Waals surface area contributed by atoms with Gasteiger partial charge in [0.15, 0.2) is 0 Å². The highest BCUT2D eigenvalue weighted by Gasteiger charge is 2.06. The topological polar surface area (TPSA) is 16.1 Å². The van der Waals surface area contributed by atoms with E-state index >= 15 is 0 Å². The molecule has 0 radical (unpaired) electrons. The Morgan fingerprint density at radius 1 is 0.950 bits per heavy atom. The second-order valence-corrected chi connectivity index (χ2v) is 5.37. The standard InChI is InChI=1S/C18H24N2/c1-3-4-9-16-10-5-6-11-17(16)14-20(2)15-18-12-7-8-13-19-18/h5-8,10-13H,3-4,9,14-15H2,1-2H3. The van der Waals surface area contributed by atoms with E-state index in [2.05, 4.69) is 54.2 Å². The highest BCUT2D eigenvalue weighted by atomic mass is 15.1. The van der Waals surface area contributed by atoms with Crippen LogP contribution in [0.4, 0.5) is 0 Å². The Bertz CT molecular complexity index is 508. The Hall–Kier alpha value is -1.67. The fraction of sp³-hybridized carbons (Fsp3) is 0.389. The molecule has 0 unspecified atom stereocenters. The molecule has 0 fully saturated rings. The van der Waals surface area contributed by atoms with Gasteiger partial charge in [0.05, 0.1) is 5.69 Å². The number of hydrogen-bond acceptors (Lipinski definition) is 2. The smallest absolute Gasteiger partial charge is 0.0543 e. The van der Waals surface area contributed by atoms with Crippen LogP contribution < -0.4 is 0 Å². The number of hydrogen-bond donors (Lipinski definition) is 0. The Morgan fingerprint density at radius 2 is 1.70 bits per heavy atom.